The lowest BCUT2D eigenvalue weighted by Crippen LogP contribution is -2.61. The van der Waals surface area contributed by atoms with E-state index in [0.29, 0.717) is 35.0 Å². The monoisotopic (exact) mass is 575 g/mol. The standard InChI is InChI=1S/C23H25BrF3N3O4S/c1-22(2,3)34-21(31)28-9-10-29-17(13-28)14-30(20-12-16(24)7-8-19(20)29)35(32,33)18-6-4-5-15(11-18)23(25,26)27/h4-8,11-12,17H,9-10,13-14H2,1-3H3/t17-/m1/s1. The smallest absolute Gasteiger partial charge is 0.416 e. The highest BCUT2D eigenvalue weighted by atomic mass is 79.9. The topological polar surface area (TPSA) is 70.2 Å². The molecule has 0 bridgehead atoms. The summed E-state index contributed by atoms with van der Waals surface area (Å²) in [4.78, 5) is 15.8. The molecule has 2 heterocycles. The average molecular weight is 576 g/mol. The number of hydrogen-bond acceptors (Lipinski definition) is 5. The molecule has 7 nitrogen and oxygen atoms in total. The van der Waals surface area contributed by atoms with Gasteiger partial charge in [-0.05, 0) is 57.2 Å². The van der Waals surface area contributed by atoms with E-state index in [1.165, 1.54) is 4.90 Å². The number of alkyl halides is 3. The minimum atomic E-state index is -4.68. The van der Waals surface area contributed by atoms with Crippen molar-refractivity contribution in [2.75, 3.05) is 35.4 Å². The fourth-order valence-corrected chi connectivity index (χ4v) is 6.14. The SMILES string of the molecule is CC(C)(C)OC(=O)N1CCN2c3ccc(Br)cc3N(S(=O)(=O)c3cccc(C(F)(F)F)c3)C[C@H]2C1. The highest BCUT2D eigenvalue weighted by Gasteiger charge is 2.42. The van der Waals surface area contributed by atoms with Crippen LogP contribution in [0.25, 0.3) is 0 Å². The van der Waals surface area contributed by atoms with Gasteiger partial charge in [0.15, 0.2) is 0 Å². The predicted octanol–water partition coefficient (Wildman–Crippen LogP) is 5.10. The predicted molar refractivity (Wildman–Crippen MR) is 129 cm³/mol. The number of rotatable bonds is 2. The molecule has 1 atom stereocenters. The zero-order chi connectivity index (χ0) is 25.8. The summed E-state index contributed by atoms with van der Waals surface area (Å²) in [6, 6.07) is 8.48. The van der Waals surface area contributed by atoms with Crippen molar-refractivity contribution in [1.82, 2.24) is 4.90 Å². The van der Waals surface area contributed by atoms with E-state index in [1.807, 2.05) is 4.90 Å². The lowest BCUT2D eigenvalue weighted by Gasteiger charge is -2.49. The van der Waals surface area contributed by atoms with E-state index in [-0.39, 0.29) is 13.1 Å². The van der Waals surface area contributed by atoms with Crippen LogP contribution < -0.4 is 9.21 Å². The maximum Gasteiger partial charge on any atom is 0.416 e. The molecule has 35 heavy (non-hydrogen) atoms. The number of hydrogen-bond donors (Lipinski definition) is 0. The third-order valence-electron chi connectivity index (χ3n) is 5.78. The lowest BCUT2D eigenvalue weighted by atomic mass is 10.1. The normalized spacial score (nSPS) is 18.7. The van der Waals surface area contributed by atoms with Gasteiger partial charge in [-0.2, -0.15) is 13.2 Å². The molecule has 1 fully saturated rings. The molecule has 1 amide bonds. The molecule has 0 aliphatic carbocycles. The first-order valence-corrected chi connectivity index (χ1v) is 13.1. The second-order valence-electron chi connectivity index (χ2n) is 9.47. The Balaban J connectivity index is 1.72. The van der Waals surface area contributed by atoms with E-state index in [4.69, 9.17) is 4.74 Å². The summed E-state index contributed by atoms with van der Waals surface area (Å²) in [6.45, 7) is 6.30. The molecular weight excluding hydrogens is 551 g/mol. The van der Waals surface area contributed by atoms with Gasteiger partial charge in [0.1, 0.15) is 5.60 Å². The van der Waals surface area contributed by atoms with E-state index >= 15 is 0 Å². The molecule has 0 aromatic heterocycles. The van der Waals surface area contributed by atoms with Crippen molar-refractivity contribution in [3.63, 3.8) is 0 Å². The first kappa shape index (κ1) is 25.6. The molecule has 0 spiro atoms. The van der Waals surface area contributed by atoms with Crippen LogP contribution in [0.15, 0.2) is 51.8 Å². The number of amides is 1. The van der Waals surface area contributed by atoms with Crippen LogP contribution in [0.3, 0.4) is 0 Å². The lowest BCUT2D eigenvalue weighted by molar-refractivity contribution is -0.137. The zero-order valence-corrected chi connectivity index (χ0v) is 21.7. The molecule has 2 aromatic carbocycles. The van der Waals surface area contributed by atoms with Gasteiger partial charge >= 0.3 is 12.3 Å². The Labute approximate surface area is 210 Å². The Bertz CT molecular complexity index is 1250. The molecule has 190 valence electrons. The third kappa shape index (κ3) is 5.23. The third-order valence-corrected chi connectivity index (χ3v) is 8.04. The van der Waals surface area contributed by atoms with Crippen LogP contribution in [0.5, 0.6) is 0 Å². The highest BCUT2D eigenvalue weighted by molar-refractivity contribution is 9.10. The summed E-state index contributed by atoms with van der Waals surface area (Å²) in [5.74, 6) is 0. The number of carbonyl (C=O) groups excluding carboxylic acids is 1. The van der Waals surface area contributed by atoms with Crippen molar-refractivity contribution in [3.05, 3.63) is 52.5 Å². The molecule has 2 aromatic rings. The Kier molecular flexibility index (Phi) is 6.50. The summed E-state index contributed by atoms with van der Waals surface area (Å²) in [5.41, 5.74) is -0.735. The second-order valence-corrected chi connectivity index (χ2v) is 12.2. The zero-order valence-electron chi connectivity index (χ0n) is 19.3. The second kappa shape index (κ2) is 8.88. The number of carbonyl (C=O) groups is 1. The Morgan fingerprint density at radius 1 is 1.03 bits per heavy atom. The number of halogens is 4. The largest absolute Gasteiger partial charge is 0.444 e. The van der Waals surface area contributed by atoms with Crippen LogP contribution >= 0.6 is 15.9 Å². The van der Waals surface area contributed by atoms with Crippen molar-refractivity contribution in [2.45, 2.75) is 43.5 Å². The first-order valence-electron chi connectivity index (χ1n) is 10.9. The van der Waals surface area contributed by atoms with Gasteiger partial charge in [-0.15, -0.1) is 0 Å². The van der Waals surface area contributed by atoms with E-state index in [9.17, 15) is 26.4 Å². The summed E-state index contributed by atoms with van der Waals surface area (Å²) in [7, 11) is -4.34. The van der Waals surface area contributed by atoms with Crippen LogP contribution in [0.2, 0.25) is 0 Å². The molecule has 2 aliphatic rings. The first-order chi connectivity index (χ1) is 16.2. The van der Waals surface area contributed by atoms with Crippen molar-refractivity contribution in [3.8, 4) is 0 Å². The van der Waals surface area contributed by atoms with Crippen LogP contribution in [0, 0.1) is 0 Å². The summed E-state index contributed by atoms with van der Waals surface area (Å²) >= 11 is 3.36. The molecule has 2 aliphatic heterocycles. The van der Waals surface area contributed by atoms with Crippen molar-refractivity contribution in [2.24, 2.45) is 0 Å². The van der Waals surface area contributed by atoms with E-state index < -0.39 is 44.4 Å². The quantitative estimate of drug-likeness (QED) is 0.498. The van der Waals surface area contributed by atoms with Gasteiger partial charge in [-0.1, -0.05) is 22.0 Å². The maximum absolute atomic E-state index is 13.6. The number of piperazine rings is 1. The van der Waals surface area contributed by atoms with Crippen LogP contribution in [0.1, 0.15) is 26.3 Å². The minimum Gasteiger partial charge on any atom is -0.444 e. The van der Waals surface area contributed by atoms with Gasteiger partial charge in [0, 0.05) is 24.1 Å². The molecular formula is C23H25BrF3N3O4S. The maximum atomic E-state index is 13.6. The van der Waals surface area contributed by atoms with Crippen LogP contribution in [-0.2, 0) is 20.9 Å². The van der Waals surface area contributed by atoms with Crippen molar-refractivity contribution in [1.29, 1.82) is 0 Å². The minimum absolute atomic E-state index is 0.0403. The molecule has 0 radical (unpaired) electrons. The molecule has 0 saturated carbocycles. The number of ether oxygens (including phenoxy) is 1. The highest BCUT2D eigenvalue weighted by Crippen LogP contribution is 2.42. The van der Waals surface area contributed by atoms with Crippen LogP contribution in [0.4, 0.5) is 29.3 Å². The molecule has 0 N–H and O–H groups in total. The Morgan fingerprint density at radius 2 is 1.74 bits per heavy atom. The summed E-state index contributed by atoms with van der Waals surface area (Å²) in [6.07, 6.45) is -5.17. The number of anilines is 2. The van der Waals surface area contributed by atoms with Gasteiger partial charge < -0.3 is 14.5 Å². The van der Waals surface area contributed by atoms with Crippen molar-refractivity contribution < 1.29 is 31.1 Å². The number of sulfonamides is 1. The van der Waals surface area contributed by atoms with E-state index in [0.717, 1.165) is 22.5 Å². The van der Waals surface area contributed by atoms with Gasteiger partial charge in [0.25, 0.3) is 10.0 Å². The molecule has 4 rings (SSSR count). The number of fused-ring (bicyclic) bond motifs is 3. The summed E-state index contributed by atoms with van der Waals surface area (Å²) in [5, 5.41) is 0. The summed E-state index contributed by atoms with van der Waals surface area (Å²) < 4.78 is 74.3. The molecule has 12 heteroatoms. The Hall–Kier alpha value is -2.47. The van der Waals surface area contributed by atoms with Gasteiger partial charge in [-0.3, -0.25) is 4.31 Å². The Morgan fingerprint density at radius 3 is 2.40 bits per heavy atom. The molecule has 1 saturated heterocycles. The van der Waals surface area contributed by atoms with Crippen molar-refractivity contribution >= 4 is 43.4 Å². The fourth-order valence-electron chi connectivity index (χ4n) is 4.24. The molecule has 0 unspecified atom stereocenters. The fraction of sp³-hybridized carbons (Fsp3) is 0.435. The van der Waals surface area contributed by atoms with E-state index in [2.05, 4.69) is 15.9 Å². The number of nitrogens with zero attached hydrogens (tertiary/aromatic N) is 3. The number of benzene rings is 2. The average Bonchev–Trinajstić information content (AvgIpc) is 2.76. The van der Waals surface area contributed by atoms with Gasteiger partial charge in [0.05, 0.1) is 34.4 Å². The van der Waals surface area contributed by atoms with E-state index in [1.54, 1.807) is 39.0 Å². The van der Waals surface area contributed by atoms with Gasteiger partial charge in [0.2, 0.25) is 0 Å². The van der Waals surface area contributed by atoms with Gasteiger partial charge in [-0.25, -0.2) is 13.2 Å². The van der Waals surface area contributed by atoms with Crippen LogP contribution in [-0.4, -0.2) is 57.2 Å².